The lowest BCUT2D eigenvalue weighted by Crippen LogP contribution is -2.36. The summed E-state index contributed by atoms with van der Waals surface area (Å²) in [6.45, 7) is 1.47. The predicted molar refractivity (Wildman–Crippen MR) is 110 cm³/mol. The van der Waals surface area contributed by atoms with E-state index in [1.165, 1.54) is 6.92 Å². The van der Waals surface area contributed by atoms with Crippen LogP contribution in [0.5, 0.6) is 0 Å². The van der Waals surface area contributed by atoms with Gasteiger partial charge in [0.1, 0.15) is 6.04 Å². The van der Waals surface area contributed by atoms with Crippen molar-refractivity contribution in [3.63, 3.8) is 0 Å². The van der Waals surface area contributed by atoms with Crippen LogP contribution in [-0.2, 0) is 9.59 Å². The van der Waals surface area contributed by atoms with Crippen molar-refractivity contribution in [1.82, 2.24) is 0 Å². The minimum atomic E-state index is -0.714. The van der Waals surface area contributed by atoms with Crippen molar-refractivity contribution in [3.8, 4) is 0 Å². The molecule has 6 nitrogen and oxygen atoms in total. The summed E-state index contributed by atoms with van der Waals surface area (Å²) in [5, 5.41) is 10.8. The number of nitrogens with one attached hydrogen (secondary N) is 3. The van der Waals surface area contributed by atoms with Crippen molar-refractivity contribution in [3.05, 3.63) is 66.2 Å². The van der Waals surface area contributed by atoms with Gasteiger partial charge in [-0.25, -0.2) is 0 Å². The molecule has 0 spiro atoms. The first kappa shape index (κ1) is 17.7. The van der Waals surface area contributed by atoms with Gasteiger partial charge in [-0.15, -0.1) is 0 Å². The highest BCUT2D eigenvalue weighted by atomic mass is 16.2. The molecule has 0 fully saturated rings. The maximum atomic E-state index is 12.7. The Bertz CT molecular complexity index is 1100. The number of Topliss-reactive ketones (excluding diaryl/α,β-unsaturated/α-hetero) is 1. The summed E-state index contributed by atoms with van der Waals surface area (Å²) < 4.78 is 0. The number of rotatable bonds is 4. The van der Waals surface area contributed by atoms with Crippen molar-refractivity contribution in [2.75, 3.05) is 16.0 Å². The molecule has 0 aromatic heterocycles. The second kappa shape index (κ2) is 7.15. The summed E-state index contributed by atoms with van der Waals surface area (Å²) in [4.78, 5) is 36.7. The minimum absolute atomic E-state index is 0.0412. The van der Waals surface area contributed by atoms with E-state index in [9.17, 15) is 14.4 Å². The van der Waals surface area contributed by atoms with E-state index in [4.69, 9.17) is 0 Å². The molecule has 0 bridgehead atoms. The molecule has 1 atom stereocenters. The van der Waals surface area contributed by atoms with Crippen LogP contribution in [0.25, 0.3) is 10.8 Å². The fourth-order valence-corrected chi connectivity index (χ4v) is 3.40. The first-order valence-electron chi connectivity index (χ1n) is 9.01. The fraction of sp³-hybridized carbons (Fsp3) is 0.136. The normalized spacial score (nSPS) is 15.3. The highest BCUT2D eigenvalue weighted by Crippen LogP contribution is 2.33. The number of ketones is 1. The third-order valence-corrected chi connectivity index (χ3v) is 4.75. The van der Waals surface area contributed by atoms with Crippen LogP contribution in [0.15, 0.2) is 60.7 Å². The van der Waals surface area contributed by atoms with Crippen LogP contribution in [0.3, 0.4) is 0 Å². The van der Waals surface area contributed by atoms with Gasteiger partial charge in [-0.1, -0.05) is 36.4 Å². The Morgan fingerprint density at radius 3 is 2.46 bits per heavy atom. The topological polar surface area (TPSA) is 87.3 Å². The lowest BCUT2D eigenvalue weighted by molar-refractivity contribution is -0.121. The van der Waals surface area contributed by atoms with Gasteiger partial charge in [0.2, 0.25) is 11.8 Å². The van der Waals surface area contributed by atoms with Crippen LogP contribution < -0.4 is 16.0 Å². The van der Waals surface area contributed by atoms with E-state index in [1.807, 2.05) is 36.4 Å². The zero-order valence-corrected chi connectivity index (χ0v) is 15.3. The monoisotopic (exact) mass is 373 g/mol. The van der Waals surface area contributed by atoms with Crippen LogP contribution in [0, 0.1) is 0 Å². The molecule has 1 heterocycles. The first-order chi connectivity index (χ1) is 13.5. The summed E-state index contributed by atoms with van der Waals surface area (Å²) in [5.41, 5.74) is 2.58. The third-order valence-electron chi connectivity index (χ3n) is 4.75. The van der Waals surface area contributed by atoms with Crippen LogP contribution in [0.2, 0.25) is 0 Å². The molecule has 3 aromatic rings. The number of hydrogen-bond donors (Lipinski definition) is 3. The predicted octanol–water partition coefficient (Wildman–Crippen LogP) is 3.80. The molecule has 0 aliphatic carbocycles. The molecule has 1 aliphatic rings. The third kappa shape index (κ3) is 3.44. The summed E-state index contributed by atoms with van der Waals surface area (Å²) >= 11 is 0. The van der Waals surface area contributed by atoms with Gasteiger partial charge >= 0.3 is 0 Å². The standard InChI is InChI=1S/C22H19N3O3/c1-13(26)15-7-2-8-16(11-15)23-20(27)12-19-22(28)25-18-10-4-6-14-5-3-9-17(24-19)21(14)18/h2-11,19,24H,12H2,1H3,(H,23,27)(H,25,28)/t19-/m1/s1. The molecule has 140 valence electrons. The highest BCUT2D eigenvalue weighted by Gasteiger charge is 2.26. The van der Waals surface area contributed by atoms with E-state index in [-0.39, 0.29) is 24.0 Å². The first-order valence-corrected chi connectivity index (χ1v) is 9.01. The van der Waals surface area contributed by atoms with Gasteiger partial charge in [-0.3, -0.25) is 14.4 Å². The SMILES string of the molecule is CC(=O)c1cccc(NC(=O)C[C@H]2Nc3cccc4cccc(c34)NC2=O)c1. The molecular formula is C22H19N3O3. The van der Waals surface area contributed by atoms with Crippen molar-refractivity contribution < 1.29 is 14.4 Å². The van der Waals surface area contributed by atoms with Crippen LogP contribution >= 0.6 is 0 Å². The van der Waals surface area contributed by atoms with E-state index in [0.717, 1.165) is 22.1 Å². The van der Waals surface area contributed by atoms with Gasteiger partial charge < -0.3 is 16.0 Å². The minimum Gasteiger partial charge on any atom is -0.373 e. The number of anilines is 3. The molecule has 0 saturated carbocycles. The summed E-state index contributed by atoms with van der Waals surface area (Å²) in [6.07, 6.45) is -0.0412. The molecule has 3 aromatic carbocycles. The summed E-state index contributed by atoms with van der Waals surface area (Å²) in [7, 11) is 0. The van der Waals surface area contributed by atoms with E-state index in [0.29, 0.717) is 11.3 Å². The number of hydrogen-bond acceptors (Lipinski definition) is 4. The number of carbonyl (C=O) groups is 3. The number of carbonyl (C=O) groups excluding carboxylic acids is 3. The molecule has 6 heteroatoms. The van der Waals surface area contributed by atoms with Gasteiger partial charge in [-0.05, 0) is 36.6 Å². The van der Waals surface area contributed by atoms with Gasteiger partial charge in [0.25, 0.3) is 0 Å². The van der Waals surface area contributed by atoms with Crippen molar-refractivity contribution in [1.29, 1.82) is 0 Å². The van der Waals surface area contributed by atoms with Gasteiger partial charge in [-0.2, -0.15) is 0 Å². The number of benzene rings is 3. The highest BCUT2D eigenvalue weighted by molar-refractivity contribution is 6.13. The average Bonchev–Trinajstić information content (AvgIpc) is 2.80. The van der Waals surface area contributed by atoms with E-state index >= 15 is 0 Å². The smallest absolute Gasteiger partial charge is 0.247 e. The Balaban J connectivity index is 1.54. The Hall–Kier alpha value is -3.67. The zero-order chi connectivity index (χ0) is 19.7. The molecule has 0 saturated heterocycles. The average molecular weight is 373 g/mol. The van der Waals surface area contributed by atoms with E-state index in [1.54, 1.807) is 24.3 Å². The van der Waals surface area contributed by atoms with Gasteiger partial charge in [0, 0.05) is 22.3 Å². The second-order valence-corrected chi connectivity index (χ2v) is 6.78. The lowest BCUT2D eigenvalue weighted by Gasteiger charge is -2.16. The van der Waals surface area contributed by atoms with Crippen molar-refractivity contribution in [2.45, 2.75) is 19.4 Å². The molecule has 2 amide bonds. The van der Waals surface area contributed by atoms with E-state index < -0.39 is 6.04 Å². The molecule has 4 rings (SSSR count). The maximum absolute atomic E-state index is 12.7. The Labute approximate surface area is 161 Å². The number of amides is 2. The van der Waals surface area contributed by atoms with Gasteiger partial charge in [0.15, 0.2) is 5.78 Å². The molecule has 0 radical (unpaired) electrons. The summed E-state index contributed by atoms with van der Waals surface area (Å²) in [6, 6.07) is 17.5. The van der Waals surface area contributed by atoms with Gasteiger partial charge in [0.05, 0.1) is 12.1 Å². The largest absolute Gasteiger partial charge is 0.373 e. The van der Waals surface area contributed by atoms with Crippen LogP contribution in [0.1, 0.15) is 23.7 Å². The quantitative estimate of drug-likeness (QED) is 0.607. The van der Waals surface area contributed by atoms with Crippen LogP contribution in [-0.4, -0.2) is 23.6 Å². The Morgan fingerprint density at radius 1 is 1.00 bits per heavy atom. The van der Waals surface area contributed by atoms with Crippen LogP contribution in [0.4, 0.5) is 17.1 Å². The fourth-order valence-electron chi connectivity index (χ4n) is 3.40. The lowest BCUT2D eigenvalue weighted by atomic mass is 10.1. The maximum Gasteiger partial charge on any atom is 0.247 e. The second-order valence-electron chi connectivity index (χ2n) is 6.78. The molecule has 0 unspecified atom stereocenters. The Kier molecular flexibility index (Phi) is 4.53. The van der Waals surface area contributed by atoms with Crippen molar-refractivity contribution >= 4 is 45.4 Å². The zero-order valence-electron chi connectivity index (χ0n) is 15.3. The molecule has 1 aliphatic heterocycles. The van der Waals surface area contributed by atoms with E-state index in [2.05, 4.69) is 16.0 Å². The molecule has 3 N–H and O–H groups in total. The van der Waals surface area contributed by atoms with Crippen molar-refractivity contribution in [2.24, 2.45) is 0 Å². The molecular weight excluding hydrogens is 354 g/mol. The summed E-state index contributed by atoms with van der Waals surface area (Å²) in [5.74, 6) is -0.658. The Morgan fingerprint density at radius 2 is 1.71 bits per heavy atom. The molecule has 28 heavy (non-hydrogen) atoms.